The van der Waals surface area contributed by atoms with E-state index in [0.29, 0.717) is 43.7 Å². The highest BCUT2D eigenvalue weighted by atomic mass is 16.5. The van der Waals surface area contributed by atoms with Crippen LogP contribution < -0.4 is 15.4 Å². The van der Waals surface area contributed by atoms with Crippen LogP contribution in [0.5, 0.6) is 5.88 Å². The second-order valence-electron chi connectivity index (χ2n) is 4.90. The molecule has 0 fully saturated rings. The lowest BCUT2D eigenvalue weighted by Crippen LogP contribution is -2.36. The van der Waals surface area contributed by atoms with Crippen molar-refractivity contribution in [3.05, 3.63) is 23.4 Å². The Labute approximate surface area is 127 Å². The van der Waals surface area contributed by atoms with Gasteiger partial charge in [0.1, 0.15) is 5.82 Å². The Balaban J connectivity index is 1.64. The van der Waals surface area contributed by atoms with Crippen molar-refractivity contribution in [1.29, 1.82) is 0 Å². The summed E-state index contributed by atoms with van der Waals surface area (Å²) in [7, 11) is 1.57. The minimum atomic E-state index is -0.176. The SMILES string of the molecule is COc1cc(C)nc(NCCc2nnc3n2CCNC3=O)n1. The Hall–Kier alpha value is -2.71. The third kappa shape index (κ3) is 2.83. The highest BCUT2D eigenvalue weighted by molar-refractivity contribution is 5.91. The molecule has 0 spiro atoms. The molecule has 22 heavy (non-hydrogen) atoms. The highest BCUT2D eigenvalue weighted by Gasteiger charge is 2.21. The molecule has 2 aromatic rings. The van der Waals surface area contributed by atoms with Crippen LogP contribution in [0, 0.1) is 6.92 Å². The van der Waals surface area contributed by atoms with Gasteiger partial charge in [0.2, 0.25) is 17.7 Å². The lowest BCUT2D eigenvalue weighted by Gasteiger charge is -2.15. The summed E-state index contributed by atoms with van der Waals surface area (Å²) in [5.74, 6) is 2.00. The molecule has 2 N–H and O–H groups in total. The maximum absolute atomic E-state index is 11.6. The zero-order valence-electron chi connectivity index (χ0n) is 12.5. The summed E-state index contributed by atoms with van der Waals surface area (Å²) in [6.45, 7) is 3.76. The van der Waals surface area contributed by atoms with Crippen LogP contribution in [0.1, 0.15) is 22.1 Å². The molecule has 0 saturated heterocycles. The van der Waals surface area contributed by atoms with E-state index in [4.69, 9.17) is 4.74 Å². The molecule has 1 aliphatic rings. The van der Waals surface area contributed by atoms with Gasteiger partial charge in [-0.05, 0) is 6.92 Å². The van der Waals surface area contributed by atoms with Crippen molar-refractivity contribution in [2.75, 3.05) is 25.5 Å². The van der Waals surface area contributed by atoms with Gasteiger partial charge in [0.05, 0.1) is 7.11 Å². The summed E-state index contributed by atoms with van der Waals surface area (Å²) in [5.41, 5.74) is 0.825. The molecule has 2 aromatic heterocycles. The van der Waals surface area contributed by atoms with Crippen LogP contribution >= 0.6 is 0 Å². The Morgan fingerprint density at radius 2 is 2.27 bits per heavy atom. The van der Waals surface area contributed by atoms with Crippen molar-refractivity contribution in [2.45, 2.75) is 19.9 Å². The van der Waals surface area contributed by atoms with E-state index in [1.54, 1.807) is 13.2 Å². The van der Waals surface area contributed by atoms with Gasteiger partial charge in [-0.3, -0.25) is 4.79 Å². The minimum absolute atomic E-state index is 0.176. The summed E-state index contributed by atoms with van der Waals surface area (Å²) in [6, 6.07) is 1.76. The van der Waals surface area contributed by atoms with Crippen molar-refractivity contribution < 1.29 is 9.53 Å². The van der Waals surface area contributed by atoms with E-state index in [-0.39, 0.29) is 5.91 Å². The van der Waals surface area contributed by atoms with Crippen LogP contribution in [0.15, 0.2) is 6.07 Å². The molecule has 0 atom stereocenters. The Bertz CT molecular complexity index is 698. The Morgan fingerprint density at radius 3 is 3.09 bits per heavy atom. The van der Waals surface area contributed by atoms with Crippen LogP contribution in [0.3, 0.4) is 0 Å². The van der Waals surface area contributed by atoms with Crippen LogP contribution in [0.4, 0.5) is 5.95 Å². The fourth-order valence-corrected chi connectivity index (χ4v) is 2.29. The lowest BCUT2D eigenvalue weighted by atomic mass is 10.3. The van der Waals surface area contributed by atoms with Crippen LogP contribution in [-0.2, 0) is 13.0 Å². The van der Waals surface area contributed by atoms with Crippen molar-refractivity contribution in [3.63, 3.8) is 0 Å². The second kappa shape index (κ2) is 5.96. The summed E-state index contributed by atoms with van der Waals surface area (Å²) in [6.07, 6.45) is 0.625. The maximum atomic E-state index is 11.6. The van der Waals surface area contributed by atoms with Crippen LogP contribution in [0.25, 0.3) is 0 Å². The number of amides is 1. The molecule has 9 heteroatoms. The van der Waals surface area contributed by atoms with Crippen molar-refractivity contribution in [2.24, 2.45) is 0 Å². The molecule has 3 rings (SSSR count). The number of hydrogen-bond acceptors (Lipinski definition) is 7. The van der Waals surface area contributed by atoms with Crippen molar-refractivity contribution in [3.8, 4) is 5.88 Å². The summed E-state index contributed by atoms with van der Waals surface area (Å²) < 4.78 is 6.96. The van der Waals surface area contributed by atoms with E-state index in [1.807, 2.05) is 11.5 Å². The van der Waals surface area contributed by atoms with Gasteiger partial charge in [-0.2, -0.15) is 4.98 Å². The molecule has 116 valence electrons. The average molecular weight is 303 g/mol. The highest BCUT2D eigenvalue weighted by Crippen LogP contribution is 2.11. The van der Waals surface area contributed by atoms with E-state index >= 15 is 0 Å². The monoisotopic (exact) mass is 303 g/mol. The Morgan fingerprint density at radius 1 is 1.41 bits per heavy atom. The molecule has 0 unspecified atom stereocenters. The predicted molar refractivity (Wildman–Crippen MR) is 77.9 cm³/mol. The molecule has 0 aliphatic carbocycles. The van der Waals surface area contributed by atoms with Crippen LogP contribution in [0.2, 0.25) is 0 Å². The maximum Gasteiger partial charge on any atom is 0.289 e. The number of hydrogen-bond donors (Lipinski definition) is 2. The quantitative estimate of drug-likeness (QED) is 0.786. The summed E-state index contributed by atoms with van der Waals surface area (Å²) in [4.78, 5) is 20.1. The number of fused-ring (bicyclic) bond motifs is 1. The van der Waals surface area contributed by atoms with Gasteiger partial charge in [0, 0.05) is 37.8 Å². The van der Waals surface area contributed by atoms with E-state index in [9.17, 15) is 4.79 Å². The third-order valence-corrected chi connectivity index (χ3v) is 3.32. The second-order valence-corrected chi connectivity index (χ2v) is 4.90. The molecular formula is C13H17N7O2. The van der Waals surface area contributed by atoms with E-state index in [2.05, 4.69) is 30.8 Å². The molecule has 0 bridgehead atoms. The fourth-order valence-electron chi connectivity index (χ4n) is 2.29. The summed E-state index contributed by atoms with van der Waals surface area (Å²) in [5, 5.41) is 13.9. The van der Waals surface area contributed by atoms with Gasteiger partial charge in [0.15, 0.2) is 0 Å². The zero-order chi connectivity index (χ0) is 15.5. The third-order valence-electron chi connectivity index (χ3n) is 3.32. The topological polar surface area (TPSA) is 107 Å². The normalized spacial score (nSPS) is 13.5. The van der Waals surface area contributed by atoms with Crippen LogP contribution in [-0.4, -0.2) is 50.8 Å². The number of rotatable bonds is 5. The fraction of sp³-hybridized carbons (Fsp3) is 0.462. The number of carbonyl (C=O) groups excluding carboxylic acids is 1. The number of methoxy groups -OCH3 is 1. The van der Waals surface area contributed by atoms with E-state index in [0.717, 1.165) is 11.5 Å². The van der Waals surface area contributed by atoms with E-state index < -0.39 is 0 Å². The molecule has 0 aromatic carbocycles. The van der Waals surface area contributed by atoms with Gasteiger partial charge >= 0.3 is 0 Å². The predicted octanol–water partition coefficient (Wildman–Crippen LogP) is -0.217. The van der Waals surface area contributed by atoms with Crippen molar-refractivity contribution >= 4 is 11.9 Å². The van der Waals surface area contributed by atoms with Gasteiger partial charge in [0.25, 0.3) is 5.91 Å². The number of nitrogens with zero attached hydrogens (tertiary/aromatic N) is 5. The molecular weight excluding hydrogens is 286 g/mol. The number of nitrogens with one attached hydrogen (secondary N) is 2. The Kier molecular flexibility index (Phi) is 3.86. The molecule has 9 nitrogen and oxygen atoms in total. The van der Waals surface area contributed by atoms with Gasteiger partial charge in [-0.15, -0.1) is 10.2 Å². The van der Waals surface area contributed by atoms with Gasteiger partial charge in [-0.1, -0.05) is 0 Å². The number of anilines is 1. The molecule has 0 saturated carbocycles. The first-order valence-corrected chi connectivity index (χ1v) is 7.01. The molecule has 1 aliphatic heterocycles. The zero-order valence-corrected chi connectivity index (χ0v) is 12.5. The number of aryl methyl sites for hydroxylation is 1. The first-order chi connectivity index (χ1) is 10.7. The van der Waals surface area contributed by atoms with E-state index in [1.165, 1.54) is 0 Å². The number of ether oxygens (including phenoxy) is 1. The molecule has 1 amide bonds. The molecule has 3 heterocycles. The standard InChI is InChI=1S/C13H17N7O2/c1-8-7-10(22-2)17-13(16-8)15-4-3-9-18-19-11-12(21)14-5-6-20(9)11/h7H,3-6H2,1-2H3,(H,14,21)(H,15,16,17). The summed E-state index contributed by atoms with van der Waals surface area (Å²) >= 11 is 0. The number of aromatic nitrogens is 5. The lowest BCUT2D eigenvalue weighted by molar-refractivity contribution is 0.0921. The molecule has 0 radical (unpaired) electrons. The first kappa shape index (κ1) is 14.2. The minimum Gasteiger partial charge on any atom is -0.481 e. The van der Waals surface area contributed by atoms with Crippen molar-refractivity contribution in [1.82, 2.24) is 30.0 Å². The first-order valence-electron chi connectivity index (χ1n) is 7.01. The van der Waals surface area contributed by atoms with Gasteiger partial charge < -0.3 is 19.9 Å². The van der Waals surface area contributed by atoms with Gasteiger partial charge in [-0.25, -0.2) is 4.98 Å². The largest absolute Gasteiger partial charge is 0.481 e. The number of carbonyl (C=O) groups is 1. The average Bonchev–Trinajstić information content (AvgIpc) is 2.91. The smallest absolute Gasteiger partial charge is 0.289 e.